The van der Waals surface area contributed by atoms with Crippen molar-refractivity contribution >= 4 is 23.2 Å². The molecular weight excluding hydrogens is 288 g/mol. The van der Waals surface area contributed by atoms with Gasteiger partial charge in [-0.1, -0.05) is 24.9 Å². The summed E-state index contributed by atoms with van der Waals surface area (Å²) in [6.45, 7) is 4.08. The van der Waals surface area contributed by atoms with Crippen LogP contribution in [0.15, 0.2) is 18.3 Å². The third kappa shape index (κ3) is 4.40. The van der Waals surface area contributed by atoms with E-state index in [0.29, 0.717) is 30.0 Å². The van der Waals surface area contributed by atoms with Crippen molar-refractivity contribution < 1.29 is 4.79 Å². The maximum Gasteiger partial charge on any atom is 0.238 e. The van der Waals surface area contributed by atoms with Crippen LogP contribution >= 0.6 is 11.6 Å². The third-order valence-electron chi connectivity index (χ3n) is 4.18. The predicted molar refractivity (Wildman–Crippen MR) is 85.3 cm³/mol. The number of nitrogens with one attached hydrogen (secondary N) is 1. The lowest BCUT2D eigenvalue weighted by Crippen LogP contribution is -2.49. The SMILES string of the molecule is CCC1CCN(CC(=O)Nc2cccnc2Cl)C(CN)C1. The lowest BCUT2D eigenvalue weighted by Gasteiger charge is -2.38. The first-order valence-corrected chi connectivity index (χ1v) is 7.86. The van der Waals surface area contributed by atoms with E-state index in [1.807, 2.05) is 0 Å². The fourth-order valence-electron chi connectivity index (χ4n) is 2.86. The molecule has 0 aliphatic carbocycles. The Morgan fingerprint density at radius 2 is 2.43 bits per heavy atom. The van der Waals surface area contributed by atoms with Gasteiger partial charge < -0.3 is 11.1 Å². The summed E-state index contributed by atoms with van der Waals surface area (Å²) in [6, 6.07) is 3.78. The van der Waals surface area contributed by atoms with Crippen molar-refractivity contribution in [1.82, 2.24) is 9.88 Å². The zero-order chi connectivity index (χ0) is 15.2. The number of carbonyl (C=O) groups excluding carboxylic acids is 1. The zero-order valence-corrected chi connectivity index (χ0v) is 13.1. The van der Waals surface area contributed by atoms with Crippen LogP contribution in [0.4, 0.5) is 5.69 Å². The fraction of sp³-hybridized carbons (Fsp3) is 0.600. The lowest BCUT2D eigenvalue weighted by atomic mass is 9.89. The number of hydrogen-bond donors (Lipinski definition) is 2. The van der Waals surface area contributed by atoms with E-state index in [-0.39, 0.29) is 5.91 Å². The molecule has 2 atom stereocenters. The number of aromatic nitrogens is 1. The standard InChI is InChI=1S/C15H23ClN4O/c1-2-11-5-7-20(12(8-11)9-17)10-14(21)19-13-4-3-6-18-15(13)16/h3-4,6,11-12H,2,5,7-10,17H2,1H3,(H,19,21). The van der Waals surface area contributed by atoms with Crippen LogP contribution in [-0.4, -0.2) is 41.5 Å². The third-order valence-corrected chi connectivity index (χ3v) is 4.48. The maximum atomic E-state index is 12.2. The van der Waals surface area contributed by atoms with Crippen molar-refractivity contribution in [1.29, 1.82) is 0 Å². The molecule has 1 aliphatic rings. The van der Waals surface area contributed by atoms with Gasteiger partial charge in [0.05, 0.1) is 12.2 Å². The Labute approximate surface area is 130 Å². The summed E-state index contributed by atoms with van der Waals surface area (Å²) in [4.78, 5) is 18.3. The van der Waals surface area contributed by atoms with Gasteiger partial charge in [-0.2, -0.15) is 0 Å². The van der Waals surface area contributed by atoms with Gasteiger partial charge in [-0.15, -0.1) is 0 Å². The number of likely N-dealkylation sites (tertiary alicyclic amines) is 1. The molecule has 21 heavy (non-hydrogen) atoms. The van der Waals surface area contributed by atoms with Crippen molar-refractivity contribution in [2.24, 2.45) is 11.7 Å². The Bertz CT molecular complexity index is 482. The number of anilines is 1. The summed E-state index contributed by atoms with van der Waals surface area (Å²) in [7, 11) is 0. The van der Waals surface area contributed by atoms with E-state index in [2.05, 4.69) is 22.1 Å². The number of amides is 1. The normalized spacial score (nSPS) is 23.0. The maximum absolute atomic E-state index is 12.2. The quantitative estimate of drug-likeness (QED) is 0.817. The minimum Gasteiger partial charge on any atom is -0.329 e. The molecule has 2 rings (SSSR count). The smallest absolute Gasteiger partial charge is 0.238 e. The molecule has 1 amide bonds. The van der Waals surface area contributed by atoms with E-state index in [0.717, 1.165) is 25.3 Å². The van der Waals surface area contributed by atoms with Gasteiger partial charge in [-0.05, 0) is 37.4 Å². The summed E-state index contributed by atoms with van der Waals surface area (Å²) in [5.41, 5.74) is 6.41. The van der Waals surface area contributed by atoms with Crippen LogP contribution in [0.2, 0.25) is 5.15 Å². The second-order valence-electron chi connectivity index (χ2n) is 5.55. The first kappa shape index (κ1) is 16.2. The molecule has 2 heterocycles. The molecule has 0 bridgehead atoms. The van der Waals surface area contributed by atoms with Crippen LogP contribution in [0.25, 0.3) is 0 Å². The summed E-state index contributed by atoms with van der Waals surface area (Å²) in [5.74, 6) is 0.656. The summed E-state index contributed by atoms with van der Waals surface area (Å²) in [5, 5.41) is 3.12. The molecule has 0 aromatic carbocycles. The van der Waals surface area contributed by atoms with Gasteiger partial charge in [0.2, 0.25) is 5.91 Å². The molecule has 1 aliphatic heterocycles. The van der Waals surface area contributed by atoms with E-state index in [1.54, 1.807) is 18.3 Å². The molecule has 1 aromatic rings. The van der Waals surface area contributed by atoms with Crippen LogP contribution < -0.4 is 11.1 Å². The number of pyridine rings is 1. The molecule has 6 heteroatoms. The molecule has 1 fully saturated rings. The van der Waals surface area contributed by atoms with Gasteiger partial charge >= 0.3 is 0 Å². The average molecular weight is 311 g/mol. The van der Waals surface area contributed by atoms with Crippen LogP contribution in [0.1, 0.15) is 26.2 Å². The summed E-state index contributed by atoms with van der Waals surface area (Å²) in [6.07, 6.45) is 4.99. The van der Waals surface area contributed by atoms with Crippen molar-refractivity contribution in [3.8, 4) is 0 Å². The largest absolute Gasteiger partial charge is 0.329 e. The average Bonchev–Trinajstić information content (AvgIpc) is 2.50. The summed E-state index contributed by atoms with van der Waals surface area (Å²) < 4.78 is 0. The van der Waals surface area contributed by atoms with Gasteiger partial charge in [-0.25, -0.2) is 4.98 Å². The topological polar surface area (TPSA) is 71.2 Å². The van der Waals surface area contributed by atoms with Gasteiger partial charge in [0.1, 0.15) is 0 Å². The minimum absolute atomic E-state index is 0.0710. The number of nitrogens with zero attached hydrogens (tertiary/aromatic N) is 2. The van der Waals surface area contributed by atoms with E-state index in [9.17, 15) is 4.79 Å². The predicted octanol–water partition coefficient (Wildman–Crippen LogP) is 2.12. The van der Waals surface area contributed by atoms with Crippen LogP contribution in [0.3, 0.4) is 0 Å². The van der Waals surface area contributed by atoms with Crippen LogP contribution in [-0.2, 0) is 4.79 Å². The van der Waals surface area contributed by atoms with Crippen molar-refractivity contribution in [3.63, 3.8) is 0 Å². The minimum atomic E-state index is -0.0710. The molecule has 3 N–H and O–H groups in total. The van der Waals surface area contributed by atoms with Crippen LogP contribution in [0, 0.1) is 5.92 Å². The molecule has 0 spiro atoms. The number of carbonyl (C=O) groups is 1. The first-order valence-electron chi connectivity index (χ1n) is 7.48. The van der Waals surface area contributed by atoms with Gasteiger partial charge in [0.15, 0.2) is 5.15 Å². The Morgan fingerprint density at radius 3 is 3.10 bits per heavy atom. The molecule has 1 aromatic heterocycles. The molecule has 1 saturated heterocycles. The fourth-order valence-corrected chi connectivity index (χ4v) is 3.03. The second-order valence-corrected chi connectivity index (χ2v) is 5.91. The summed E-state index contributed by atoms with van der Waals surface area (Å²) >= 11 is 5.95. The van der Waals surface area contributed by atoms with E-state index < -0.39 is 0 Å². The molecule has 2 unspecified atom stereocenters. The molecule has 0 radical (unpaired) electrons. The number of piperidine rings is 1. The number of hydrogen-bond acceptors (Lipinski definition) is 4. The van der Waals surface area contributed by atoms with E-state index in [4.69, 9.17) is 17.3 Å². The molecule has 5 nitrogen and oxygen atoms in total. The Kier molecular flexibility index (Phi) is 5.96. The van der Waals surface area contributed by atoms with Crippen molar-refractivity contribution in [3.05, 3.63) is 23.5 Å². The number of nitrogens with two attached hydrogens (primary N) is 1. The second kappa shape index (κ2) is 7.73. The Balaban J connectivity index is 1.91. The monoisotopic (exact) mass is 310 g/mol. The molecule has 0 saturated carbocycles. The Morgan fingerprint density at radius 1 is 1.62 bits per heavy atom. The number of halogens is 1. The number of rotatable bonds is 5. The van der Waals surface area contributed by atoms with Crippen molar-refractivity contribution in [2.75, 3.05) is 25.0 Å². The Hall–Kier alpha value is -1.17. The first-order chi connectivity index (χ1) is 10.1. The van der Waals surface area contributed by atoms with Gasteiger partial charge in [0.25, 0.3) is 0 Å². The highest BCUT2D eigenvalue weighted by molar-refractivity contribution is 6.32. The highest BCUT2D eigenvalue weighted by atomic mass is 35.5. The molecule has 116 valence electrons. The zero-order valence-electron chi connectivity index (χ0n) is 12.4. The highest BCUT2D eigenvalue weighted by Crippen LogP contribution is 2.25. The van der Waals surface area contributed by atoms with Crippen molar-refractivity contribution in [2.45, 2.75) is 32.2 Å². The van der Waals surface area contributed by atoms with Crippen LogP contribution in [0.5, 0.6) is 0 Å². The van der Waals surface area contributed by atoms with Gasteiger partial charge in [-0.3, -0.25) is 9.69 Å². The van der Waals surface area contributed by atoms with Gasteiger partial charge in [0, 0.05) is 18.8 Å². The van der Waals surface area contributed by atoms with E-state index >= 15 is 0 Å². The lowest BCUT2D eigenvalue weighted by molar-refractivity contribution is -0.118. The molecular formula is C15H23ClN4O. The highest BCUT2D eigenvalue weighted by Gasteiger charge is 2.27. The van der Waals surface area contributed by atoms with E-state index in [1.165, 1.54) is 6.42 Å².